The average molecular weight is 262 g/mol. The van der Waals surface area contributed by atoms with Crippen LogP contribution in [0.5, 0.6) is 0 Å². The Balaban J connectivity index is 3.13. The number of hydrogen-bond acceptors (Lipinski definition) is 2. The molecule has 5 heteroatoms. The first kappa shape index (κ1) is 14.1. The minimum Gasteiger partial charge on any atom is -0.224 e. The van der Waals surface area contributed by atoms with Gasteiger partial charge in [0, 0.05) is 11.5 Å². The van der Waals surface area contributed by atoms with E-state index in [1.807, 2.05) is 0 Å². The van der Waals surface area contributed by atoms with Gasteiger partial charge in [0.2, 0.25) is 0 Å². The molecule has 0 saturated carbocycles. The zero-order valence-corrected chi connectivity index (χ0v) is 10.9. The van der Waals surface area contributed by atoms with Gasteiger partial charge >= 0.3 is 0 Å². The van der Waals surface area contributed by atoms with Crippen molar-refractivity contribution in [1.29, 1.82) is 0 Å². The molecule has 0 aliphatic rings. The van der Waals surface area contributed by atoms with Crippen LogP contribution in [-0.2, 0) is 15.8 Å². The molecule has 1 aromatic rings. The second-order valence-electron chi connectivity index (χ2n) is 4.21. The molecule has 0 fully saturated rings. The van der Waals surface area contributed by atoms with Crippen LogP contribution in [0.3, 0.4) is 0 Å². The maximum atomic E-state index is 13.6. The molecule has 0 atom stereocenters. The van der Waals surface area contributed by atoms with Gasteiger partial charge in [-0.25, -0.2) is 17.2 Å². The lowest BCUT2D eigenvalue weighted by molar-refractivity contribution is -0.0514. The van der Waals surface area contributed by atoms with Crippen LogP contribution in [0.4, 0.5) is 8.78 Å². The highest BCUT2D eigenvalue weighted by atomic mass is 32.2. The highest BCUT2D eigenvalue weighted by Gasteiger charge is 2.35. The number of rotatable bonds is 4. The van der Waals surface area contributed by atoms with Crippen molar-refractivity contribution < 1.29 is 17.2 Å². The molecule has 1 aromatic carbocycles. The Morgan fingerprint density at radius 3 is 2.00 bits per heavy atom. The van der Waals surface area contributed by atoms with Crippen LogP contribution >= 0.6 is 0 Å². The summed E-state index contributed by atoms with van der Waals surface area (Å²) in [6.07, 6.45) is 0. The number of halogens is 2. The Morgan fingerprint density at radius 2 is 1.65 bits per heavy atom. The third-order valence-corrected chi connectivity index (χ3v) is 4.45. The Hall–Kier alpha value is -0.970. The first-order valence-electron chi connectivity index (χ1n) is 5.43. The Bertz CT molecular complexity index is 476. The summed E-state index contributed by atoms with van der Waals surface area (Å²) in [6.45, 7) is 4.37. The fourth-order valence-corrected chi connectivity index (χ4v) is 2.27. The van der Waals surface area contributed by atoms with E-state index in [1.165, 1.54) is 45.0 Å². The maximum absolute atomic E-state index is 13.6. The molecular weight excluding hydrogens is 246 g/mol. The average Bonchev–Trinajstić information content (AvgIpc) is 2.29. The number of hydrogen-bond donors (Lipinski definition) is 0. The van der Waals surface area contributed by atoms with Crippen molar-refractivity contribution in [3.05, 3.63) is 29.8 Å². The van der Waals surface area contributed by atoms with Crippen LogP contribution in [0.2, 0.25) is 0 Å². The SMILES string of the molecule is CCS(=O)(=O)c1ccc(C(F)(F)C(C)C)cc1. The Kier molecular flexibility index (Phi) is 3.91. The largest absolute Gasteiger partial charge is 0.275 e. The van der Waals surface area contributed by atoms with Gasteiger partial charge in [-0.3, -0.25) is 0 Å². The molecule has 0 spiro atoms. The van der Waals surface area contributed by atoms with Gasteiger partial charge in [0.05, 0.1) is 10.6 Å². The van der Waals surface area contributed by atoms with E-state index in [-0.39, 0.29) is 16.2 Å². The van der Waals surface area contributed by atoms with Crippen LogP contribution in [0.25, 0.3) is 0 Å². The lowest BCUT2D eigenvalue weighted by Gasteiger charge is -2.20. The fourth-order valence-electron chi connectivity index (χ4n) is 1.38. The van der Waals surface area contributed by atoms with Gasteiger partial charge in [0.25, 0.3) is 5.92 Å². The summed E-state index contributed by atoms with van der Waals surface area (Å²) in [4.78, 5) is 0.0864. The highest BCUT2D eigenvalue weighted by molar-refractivity contribution is 7.91. The molecule has 0 amide bonds. The minimum atomic E-state index is -3.33. The molecule has 0 bridgehead atoms. The van der Waals surface area contributed by atoms with E-state index in [0.29, 0.717) is 0 Å². The van der Waals surface area contributed by atoms with Gasteiger partial charge < -0.3 is 0 Å². The van der Waals surface area contributed by atoms with E-state index in [2.05, 4.69) is 0 Å². The summed E-state index contributed by atoms with van der Waals surface area (Å²) in [5, 5.41) is 0. The maximum Gasteiger partial charge on any atom is 0.275 e. The molecule has 0 unspecified atom stereocenters. The van der Waals surface area contributed by atoms with E-state index in [0.717, 1.165) is 0 Å². The molecule has 96 valence electrons. The lowest BCUT2D eigenvalue weighted by atomic mass is 9.98. The summed E-state index contributed by atoms with van der Waals surface area (Å²) in [5.74, 6) is -3.79. The first-order chi connectivity index (χ1) is 7.71. The number of alkyl halides is 2. The third kappa shape index (κ3) is 2.83. The molecule has 0 heterocycles. The van der Waals surface area contributed by atoms with Gasteiger partial charge in [-0.2, -0.15) is 0 Å². The Morgan fingerprint density at radius 1 is 1.18 bits per heavy atom. The molecule has 0 radical (unpaired) electrons. The molecule has 2 nitrogen and oxygen atoms in total. The van der Waals surface area contributed by atoms with Crippen molar-refractivity contribution in [2.24, 2.45) is 5.92 Å². The second-order valence-corrected chi connectivity index (χ2v) is 6.48. The van der Waals surface area contributed by atoms with Gasteiger partial charge in [-0.15, -0.1) is 0 Å². The summed E-state index contributed by atoms with van der Waals surface area (Å²) in [6, 6.07) is 4.85. The third-order valence-electron chi connectivity index (χ3n) is 2.70. The first-order valence-corrected chi connectivity index (χ1v) is 7.08. The summed E-state index contributed by atoms with van der Waals surface area (Å²) in [5.41, 5.74) is -0.150. The molecule has 0 saturated heterocycles. The van der Waals surface area contributed by atoms with E-state index >= 15 is 0 Å². The second kappa shape index (κ2) is 4.72. The van der Waals surface area contributed by atoms with E-state index in [1.54, 1.807) is 0 Å². The molecule has 0 aliphatic carbocycles. The van der Waals surface area contributed by atoms with Crippen molar-refractivity contribution >= 4 is 9.84 Å². The molecule has 17 heavy (non-hydrogen) atoms. The predicted octanol–water partition coefficient (Wildman–Crippen LogP) is 3.23. The number of benzene rings is 1. The number of sulfone groups is 1. The van der Waals surface area contributed by atoms with Crippen molar-refractivity contribution in [2.45, 2.75) is 31.6 Å². The summed E-state index contributed by atoms with van der Waals surface area (Å²) in [7, 11) is -3.33. The zero-order valence-electron chi connectivity index (χ0n) is 10.1. The Labute approximate surface area is 101 Å². The standard InChI is InChI=1S/C12H16F2O2S/c1-4-17(15,16)11-7-5-10(6-8-11)12(13,14)9(2)3/h5-9H,4H2,1-3H3. The van der Waals surface area contributed by atoms with E-state index < -0.39 is 21.7 Å². The molecule has 0 aliphatic heterocycles. The summed E-state index contributed by atoms with van der Waals surface area (Å²) < 4.78 is 50.3. The predicted molar refractivity (Wildman–Crippen MR) is 62.9 cm³/mol. The van der Waals surface area contributed by atoms with Crippen LogP contribution in [0, 0.1) is 5.92 Å². The lowest BCUT2D eigenvalue weighted by Crippen LogP contribution is -2.20. The van der Waals surface area contributed by atoms with E-state index in [4.69, 9.17) is 0 Å². The molecule has 0 N–H and O–H groups in total. The van der Waals surface area contributed by atoms with Crippen molar-refractivity contribution in [3.8, 4) is 0 Å². The smallest absolute Gasteiger partial charge is 0.224 e. The van der Waals surface area contributed by atoms with Crippen LogP contribution in [0.15, 0.2) is 29.2 Å². The normalized spacial score (nSPS) is 13.1. The van der Waals surface area contributed by atoms with Gasteiger partial charge in [0.1, 0.15) is 0 Å². The van der Waals surface area contributed by atoms with Crippen LogP contribution in [0.1, 0.15) is 26.3 Å². The van der Waals surface area contributed by atoms with Crippen molar-refractivity contribution in [1.82, 2.24) is 0 Å². The van der Waals surface area contributed by atoms with Gasteiger partial charge in [-0.05, 0) is 12.1 Å². The van der Waals surface area contributed by atoms with Gasteiger partial charge in [0.15, 0.2) is 9.84 Å². The molecule has 1 rings (SSSR count). The molecule has 0 aromatic heterocycles. The van der Waals surface area contributed by atoms with Crippen LogP contribution < -0.4 is 0 Å². The van der Waals surface area contributed by atoms with Crippen molar-refractivity contribution in [2.75, 3.05) is 5.75 Å². The van der Waals surface area contributed by atoms with Crippen LogP contribution in [-0.4, -0.2) is 14.2 Å². The highest BCUT2D eigenvalue weighted by Crippen LogP contribution is 2.35. The minimum absolute atomic E-state index is 0.0348. The van der Waals surface area contributed by atoms with Gasteiger partial charge in [-0.1, -0.05) is 32.9 Å². The van der Waals surface area contributed by atoms with E-state index in [9.17, 15) is 17.2 Å². The molecular formula is C12H16F2O2S. The quantitative estimate of drug-likeness (QED) is 0.834. The van der Waals surface area contributed by atoms with Crippen molar-refractivity contribution in [3.63, 3.8) is 0 Å². The zero-order chi connectivity index (χ0) is 13.3. The fraction of sp³-hybridized carbons (Fsp3) is 0.500. The summed E-state index contributed by atoms with van der Waals surface area (Å²) >= 11 is 0. The topological polar surface area (TPSA) is 34.1 Å². The monoisotopic (exact) mass is 262 g/mol.